The minimum Gasteiger partial charge on any atom is -0.0622 e. The molecule has 0 atom stereocenters. The van der Waals surface area contributed by atoms with Crippen LogP contribution in [0.5, 0.6) is 0 Å². The summed E-state index contributed by atoms with van der Waals surface area (Å²) in [5.41, 5.74) is 14.9. The Kier molecular flexibility index (Phi) is 6.46. The van der Waals surface area contributed by atoms with Gasteiger partial charge in [0, 0.05) is 0 Å². The van der Waals surface area contributed by atoms with Crippen LogP contribution in [0.4, 0.5) is 0 Å². The van der Waals surface area contributed by atoms with E-state index in [1.165, 1.54) is 66.8 Å². The molecule has 0 aliphatic rings. The van der Waals surface area contributed by atoms with Gasteiger partial charge < -0.3 is 0 Å². The number of hydrogen-bond acceptors (Lipinski definition) is 0. The van der Waals surface area contributed by atoms with Crippen LogP contribution in [0.25, 0.3) is 55.6 Å². The summed E-state index contributed by atoms with van der Waals surface area (Å²) in [4.78, 5) is 0. The number of aryl methyl sites for hydroxylation is 2. The fourth-order valence-electron chi connectivity index (χ4n) is 5.13. The molecule has 0 N–H and O–H groups in total. The molecule has 0 radical (unpaired) electrons. The van der Waals surface area contributed by atoms with E-state index in [-0.39, 0.29) is 0 Å². The summed E-state index contributed by atoms with van der Waals surface area (Å²) in [6, 6.07) is 52.8. The zero-order chi connectivity index (χ0) is 25.9. The largest absolute Gasteiger partial charge is 0.0622 e. The Morgan fingerprint density at radius 2 is 0.579 bits per heavy atom. The van der Waals surface area contributed by atoms with Crippen LogP contribution >= 0.6 is 0 Å². The summed E-state index contributed by atoms with van der Waals surface area (Å²) in [6.45, 7) is 4.27. The number of hydrogen-bond donors (Lipinski definition) is 0. The molecule has 0 aliphatic heterocycles. The predicted molar refractivity (Wildman–Crippen MR) is 163 cm³/mol. The Hall–Kier alpha value is -4.68. The lowest BCUT2D eigenvalue weighted by atomic mass is 9.88. The topological polar surface area (TPSA) is 0 Å². The van der Waals surface area contributed by atoms with E-state index in [0.29, 0.717) is 0 Å². The van der Waals surface area contributed by atoms with Gasteiger partial charge in [-0.2, -0.15) is 0 Å². The van der Waals surface area contributed by atoms with E-state index in [1.807, 2.05) is 0 Å². The van der Waals surface area contributed by atoms with E-state index < -0.39 is 0 Å². The van der Waals surface area contributed by atoms with Crippen molar-refractivity contribution < 1.29 is 0 Å². The third-order valence-electron chi connectivity index (χ3n) is 7.27. The maximum atomic E-state index is 2.35. The van der Waals surface area contributed by atoms with Crippen LogP contribution in [-0.4, -0.2) is 0 Å². The van der Waals surface area contributed by atoms with Gasteiger partial charge in [-0.25, -0.2) is 0 Å². The average Bonchev–Trinajstić information content (AvgIpc) is 2.98. The molecule has 0 aromatic heterocycles. The molecule has 0 nitrogen and oxygen atoms in total. The summed E-state index contributed by atoms with van der Waals surface area (Å²) >= 11 is 0. The first-order valence-electron chi connectivity index (χ1n) is 13.2. The van der Waals surface area contributed by atoms with Crippen molar-refractivity contribution in [2.45, 2.75) is 13.8 Å². The second-order valence-corrected chi connectivity index (χ2v) is 9.98. The lowest BCUT2D eigenvalue weighted by molar-refractivity contribution is 1.46. The first kappa shape index (κ1) is 23.7. The molecule has 0 heterocycles. The molecule has 0 spiro atoms. The van der Waals surface area contributed by atoms with Gasteiger partial charge in [-0.15, -0.1) is 0 Å². The summed E-state index contributed by atoms with van der Waals surface area (Å²) in [5, 5.41) is 0. The van der Waals surface area contributed by atoms with E-state index in [1.54, 1.807) is 0 Å². The summed E-state index contributed by atoms with van der Waals surface area (Å²) in [5.74, 6) is 0. The van der Waals surface area contributed by atoms with Gasteiger partial charge in [0.25, 0.3) is 0 Å². The molecule has 6 rings (SSSR count). The van der Waals surface area contributed by atoms with Crippen molar-refractivity contribution in [1.29, 1.82) is 0 Å². The second-order valence-electron chi connectivity index (χ2n) is 9.98. The quantitative estimate of drug-likeness (QED) is 0.227. The summed E-state index contributed by atoms with van der Waals surface area (Å²) in [6.07, 6.45) is 0. The molecule has 6 aromatic carbocycles. The van der Waals surface area contributed by atoms with Crippen molar-refractivity contribution in [2.75, 3.05) is 0 Å². The molecule has 0 fully saturated rings. The lowest BCUT2D eigenvalue weighted by Crippen LogP contribution is -1.90. The van der Waals surface area contributed by atoms with Gasteiger partial charge in [0.15, 0.2) is 0 Å². The van der Waals surface area contributed by atoms with Gasteiger partial charge >= 0.3 is 0 Å². The highest BCUT2D eigenvalue weighted by atomic mass is 14.2. The van der Waals surface area contributed by atoms with Crippen LogP contribution in [0.2, 0.25) is 0 Å². The minimum absolute atomic E-state index is 1.22. The van der Waals surface area contributed by atoms with Crippen molar-refractivity contribution >= 4 is 0 Å². The Morgan fingerprint density at radius 3 is 0.947 bits per heavy atom. The monoisotopic (exact) mass is 486 g/mol. The van der Waals surface area contributed by atoms with Crippen molar-refractivity contribution in [1.82, 2.24) is 0 Å². The van der Waals surface area contributed by atoms with Crippen LogP contribution in [0.3, 0.4) is 0 Å². The van der Waals surface area contributed by atoms with Gasteiger partial charge in [0.05, 0.1) is 0 Å². The van der Waals surface area contributed by atoms with E-state index in [9.17, 15) is 0 Å². The third-order valence-corrected chi connectivity index (χ3v) is 7.27. The van der Waals surface area contributed by atoms with Crippen molar-refractivity contribution in [3.63, 3.8) is 0 Å². The van der Waals surface area contributed by atoms with Gasteiger partial charge in [-0.3, -0.25) is 0 Å². The standard InChI is InChI=1S/C38H30/c1-27-13-17-31(18-14-27)35-23-21-33(25-37(35)29-9-5-3-6-10-29)34-22-24-36(32-19-15-28(2)16-20-32)38(26-34)30-11-7-4-8-12-30/h3-26H,1-2H3. The molecule has 0 saturated carbocycles. The maximum Gasteiger partial charge on any atom is -0.00992 e. The van der Waals surface area contributed by atoms with Gasteiger partial charge in [-0.1, -0.05) is 145 Å². The molecule has 0 unspecified atom stereocenters. The molecule has 0 bridgehead atoms. The maximum absolute atomic E-state index is 2.35. The highest BCUT2D eigenvalue weighted by Gasteiger charge is 2.13. The van der Waals surface area contributed by atoms with Gasteiger partial charge in [0.2, 0.25) is 0 Å². The molecule has 0 amide bonds. The lowest BCUT2D eigenvalue weighted by Gasteiger charge is -2.16. The molecular weight excluding hydrogens is 456 g/mol. The van der Waals surface area contributed by atoms with E-state index >= 15 is 0 Å². The van der Waals surface area contributed by atoms with Gasteiger partial charge in [-0.05, 0) is 81.6 Å². The van der Waals surface area contributed by atoms with Gasteiger partial charge in [0.1, 0.15) is 0 Å². The van der Waals surface area contributed by atoms with E-state index in [2.05, 4.69) is 159 Å². The average molecular weight is 487 g/mol. The predicted octanol–water partition coefficient (Wildman–Crippen LogP) is 10.6. The van der Waals surface area contributed by atoms with Crippen LogP contribution < -0.4 is 0 Å². The van der Waals surface area contributed by atoms with Crippen molar-refractivity contribution in [3.8, 4) is 55.6 Å². The van der Waals surface area contributed by atoms with E-state index in [4.69, 9.17) is 0 Å². The normalized spacial score (nSPS) is 10.9. The van der Waals surface area contributed by atoms with Crippen LogP contribution in [0, 0.1) is 13.8 Å². The smallest absolute Gasteiger partial charge is 0.00992 e. The number of benzene rings is 6. The minimum atomic E-state index is 1.22. The molecule has 38 heavy (non-hydrogen) atoms. The zero-order valence-corrected chi connectivity index (χ0v) is 21.9. The Labute approximate surface area is 225 Å². The summed E-state index contributed by atoms with van der Waals surface area (Å²) in [7, 11) is 0. The van der Waals surface area contributed by atoms with Crippen molar-refractivity contribution in [3.05, 3.63) is 157 Å². The molecule has 6 aromatic rings. The molecule has 0 aliphatic carbocycles. The fraction of sp³-hybridized carbons (Fsp3) is 0.0526. The highest BCUT2D eigenvalue weighted by molar-refractivity contribution is 5.90. The highest BCUT2D eigenvalue weighted by Crippen LogP contribution is 2.39. The molecule has 182 valence electrons. The fourth-order valence-corrected chi connectivity index (χ4v) is 5.13. The first-order chi connectivity index (χ1) is 18.7. The Balaban J connectivity index is 1.52. The molecular formula is C38H30. The Bertz CT molecular complexity index is 1540. The van der Waals surface area contributed by atoms with Crippen LogP contribution in [0.1, 0.15) is 11.1 Å². The SMILES string of the molecule is Cc1ccc(-c2ccc(-c3ccc(-c4ccc(C)cc4)c(-c4ccccc4)c3)cc2-c2ccccc2)cc1. The first-order valence-corrected chi connectivity index (χ1v) is 13.2. The third kappa shape index (κ3) is 4.82. The van der Waals surface area contributed by atoms with E-state index in [0.717, 1.165) is 0 Å². The van der Waals surface area contributed by atoms with Crippen molar-refractivity contribution in [2.24, 2.45) is 0 Å². The number of rotatable bonds is 5. The molecule has 0 heteroatoms. The van der Waals surface area contributed by atoms with Crippen LogP contribution in [-0.2, 0) is 0 Å². The Morgan fingerprint density at radius 1 is 0.263 bits per heavy atom. The second kappa shape index (κ2) is 10.4. The molecule has 0 saturated heterocycles. The summed E-state index contributed by atoms with van der Waals surface area (Å²) < 4.78 is 0. The van der Waals surface area contributed by atoms with Crippen LogP contribution in [0.15, 0.2) is 146 Å². The zero-order valence-electron chi connectivity index (χ0n) is 21.9.